The van der Waals surface area contributed by atoms with Crippen LogP contribution in [0, 0.1) is 0 Å². The predicted molar refractivity (Wildman–Crippen MR) is 98.2 cm³/mol. The molecule has 0 unspecified atom stereocenters. The van der Waals surface area contributed by atoms with Crippen molar-refractivity contribution < 1.29 is 14.8 Å². The number of hydrogen-bond acceptors (Lipinski definition) is 4. The second-order valence-electron chi connectivity index (χ2n) is 5.65. The topological polar surface area (TPSA) is 78.4 Å². The molecule has 6 heteroatoms. The fourth-order valence-corrected chi connectivity index (χ4v) is 3.53. The summed E-state index contributed by atoms with van der Waals surface area (Å²) in [6.07, 6.45) is 1.79. The second kappa shape index (κ2) is 7.92. The van der Waals surface area contributed by atoms with E-state index < -0.39 is 5.91 Å². The first-order valence-electron chi connectivity index (χ1n) is 7.97. The molecule has 0 atom stereocenters. The molecule has 3 rings (SSSR count). The highest BCUT2D eigenvalue weighted by molar-refractivity contribution is 7.20. The van der Waals surface area contributed by atoms with E-state index in [1.807, 2.05) is 24.3 Å². The number of carbonyl (C=O) groups is 2. The lowest BCUT2D eigenvalue weighted by Gasteiger charge is -2.05. The highest BCUT2D eigenvalue weighted by Gasteiger charge is 2.11. The van der Waals surface area contributed by atoms with Gasteiger partial charge < -0.3 is 5.32 Å². The Morgan fingerprint density at radius 3 is 2.56 bits per heavy atom. The summed E-state index contributed by atoms with van der Waals surface area (Å²) in [5.74, 6) is -0.678. The van der Waals surface area contributed by atoms with Gasteiger partial charge in [-0.3, -0.25) is 14.8 Å². The maximum absolute atomic E-state index is 12.3. The first kappa shape index (κ1) is 17.1. The van der Waals surface area contributed by atoms with Crippen molar-refractivity contribution >= 4 is 33.2 Å². The molecular formula is C19H18N2O3S. The van der Waals surface area contributed by atoms with E-state index in [-0.39, 0.29) is 5.91 Å². The minimum atomic E-state index is -0.548. The van der Waals surface area contributed by atoms with Crippen molar-refractivity contribution in [1.82, 2.24) is 10.8 Å². The van der Waals surface area contributed by atoms with Gasteiger partial charge in [-0.2, -0.15) is 0 Å². The molecule has 3 aromatic rings. The van der Waals surface area contributed by atoms with Crippen molar-refractivity contribution in [3.05, 3.63) is 70.6 Å². The fourth-order valence-electron chi connectivity index (χ4n) is 2.59. The number of hydroxylamine groups is 1. The largest absolute Gasteiger partial charge is 0.352 e. The van der Waals surface area contributed by atoms with E-state index in [1.54, 1.807) is 23.7 Å². The highest BCUT2D eigenvalue weighted by atomic mass is 32.1. The van der Waals surface area contributed by atoms with Crippen LogP contribution < -0.4 is 10.8 Å². The smallest absolute Gasteiger partial charge is 0.284 e. The molecule has 2 aromatic carbocycles. The van der Waals surface area contributed by atoms with Crippen LogP contribution in [0.5, 0.6) is 0 Å². The summed E-state index contributed by atoms with van der Waals surface area (Å²) in [4.78, 5) is 24.1. The Labute approximate surface area is 149 Å². The number of aryl methyl sites for hydroxylation is 1. The molecule has 1 heterocycles. The number of nitrogens with one attached hydrogen (secondary N) is 2. The Kier molecular flexibility index (Phi) is 5.42. The third-order valence-electron chi connectivity index (χ3n) is 3.87. The average Bonchev–Trinajstić information content (AvgIpc) is 3.08. The van der Waals surface area contributed by atoms with Crippen LogP contribution in [0.3, 0.4) is 0 Å². The van der Waals surface area contributed by atoms with Gasteiger partial charge in [0.25, 0.3) is 11.8 Å². The van der Waals surface area contributed by atoms with Crippen LogP contribution in [0.2, 0.25) is 0 Å². The lowest BCUT2D eigenvalue weighted by atomic mass is 10.1. The molecule has 3 N–H and O–H groups in total. The Morgan fingerprint density at radius 2 is 1.80 bits per heavy atom. The van der Waals surface area contributed by atoms with Crippen molar-refractivity contribution in [3.63, 3.8) is 0 Å². The van der Waals surface area contributed by atoms with E-state index in [2.05, 4.69) is 17.4 Å². The summed E-state index contributed by atoms with van der Waals surface area (Å²) < 4.78 is 0.888. The number of carbonyl (C=O) groups excluding carboxylic acids is 2. The lowest BCUT2D eigenvalue weighted by Crippen LogP contribution is -2.24. The van der Waals surface area contributed by atoms with E-state index >= 15 is 0 Å². The van der Waals surface area contributed by atoms with Crippen molar-refractivity contribution in [3.8, 4) is 0 Å². The molecule has 0 radical (unpaired) electrons. The second-order valence-corrected chi connectivity index (χ2v) is 6.73. The molecule has 0 aliphatic heterocycles. The van der Waals surface area contributed by atoms with E-state index in [1.165, 1.54) is 16.9 Å². The molecule has 0 bridgehead atoms. The van der Waals surface area contributed by atoms with Gasteiger partial charge in [0.15, 0.2) is 0 Å². The SMILES string of the molecule is O=C(NCCCc1ccccc1)c1ccc2sc(C(=O)NO)cc2c1. The number of hydrogen-bond donors (Lipinski definition) is 3. The third-order valence-corrected chi connectivity index (χ3v) is 4.99. The molecule has 0 saturated heterocycles. The Morgan fingerprint density at radius 1 is 1.00 bits per heavy atom. The van der Waals surface area contributed by atoms with Gasteiger partial charge in [-0.15, -0.1) is 11.3 Å². The normalized spacial score (nSPS) is 10.6. The van der Waals surface area contributed by atoms with Gasteiger partial charge in [0, 0.05) is 16.8 Å². The molecule has 2 amide bonds. The van der Waals surface area contributed by atoms with Gasteiger partial charge >= 0.3 is 0 Å². The number of fused-ring (bicyclic) bond motifs is 1. The van der Waals surface area contributed by atoms with Crippen molar-refractivity contribution in [2.75, 3.05) is 6.54 Å². The zero-order chi connectivity index (χ0) is 17.6. The van der Waals surface area contributed by atoms with E-state index in [0.717, 1.165) is 22.9 Å². The maximum Gasteiger partial charge on any atom is 0.284 e. The molecule has 128 valence electrons. The zero-order valence-electron chi connectivity index (χ0n) is 13.5. The van der Waals surface area contributed by atoms with Crippen LogP contribution in [-0.4, -0.2) is 23.6 Å². The summed E-state index contributed by atoms with van der Waals surface area (Å²) in [5, 5.41) is 12.4. The predicted octanol–water partition coefficient (Wildman–Crippen LogP) is 3.38. The summed E-state index contributed by atoms with van der Waals surface area (Å²) in [6.45, 7) is 0.605. The van der Waals surface area contributed by atoms with Crippen molar-refractivity contribution in [2.24, 2.45) is 0 Å². The molecule has 0 aliphatic carbocycles. The number of amides is 2. The van der Waals surface area contributed by atoms with Crippen LogP contribution in [0.15, 0.2) is 54.6 Å². The molecule has 0 saturated carbocycles. The van der Waals surface area contributed by atoms with Gasteiger partial charge in [-0.25, -0.2) is 5.48 Å². The van der Waals surface area contributed by atoms with Gasteiger partial charge in [-0.05, 0) is 48.1 Å². The standard InChI is InChI=1S/C19H18N2O3S/c22-18(20-10-4-7-13-5-2-1-3-6-13)14-8-9-16-15(11-14)12-17(25-16)19(23)21-24/h1-3,5-6,8-9,11-12,24H,4,7,10H2,(H,20,22)(H,21,23). The monoisotopic (exact) mass is 354 g/mol. The molecule has 1 aromatic heterocycles. The molecule has 5 nitrogen and oxygen atoms in total. The number of benzene rings is 2. The molecule has 0 fully saturated rings. The quantitative estimate of drug-likeness (QED) is 0.361. The van der Waals surface area contributed by atoms with E-state index in [9.17, 15) is 9.59 Å². The van der Waals surface area contributed by atoms with E-state index in [0.29, 0.717) is 17.0 Å². The zero-order valence-corrected chi connectivity index (χ0v) is 14.3. The Balaban J connectivity index is 1.59. The molecular weight excluding hydrogens is 336 g/mol. The molecule has 0 spiro atoms. The number of thiophene rings is 1. The number of rotatable bonds is 6. The van der Waals surface area contributed by atoms with Crippen molar-refractivity contribution in [2.45, 2.75) is 12.8 Å². The summed E-state index contributed by atoms with van der Waals surface area (Å²) in [6, 6.07) is 17.1. The van der Waals surface area contributed by atoms with Gasteiger partial charge in [-0.1, -0.05) is 30.3 Å². The third kappa shape index (κ3) is 4.23. The van der Waals surface area contributed by atoms with Crippen LogP contribution in [-0.2, 0) is 6.42 Å². The summed E-state index contributed by atoms with van der Waals surface area (Å²) >= 11 is 1.27. The highest BCUT2D eigenvalue weighted by Crippen LogP contribution is 2.26. The van der Waals surface area contributed by atoms with Crippen LogP contribution in [0.4, 0.5) is 0 Å². The van der Waals surface area contributed by atoms with Gasteiger partial charge in [0.05, 0.1) is 4.88 Å². The van der Waals surface area contributed by atoms with Crippen LogP contribution in [0.25, 0.3) is 10.1 Å². The molecule has 0 aliphatic rings. The summed E-state index contributed by atoms with van der Waals surface area (Å²) in [5.41, 5.74) is 3.43. The minimum absolute atomic E-state index is 0.130. The molecule has 25 heavy (non-hydrogen) atoms. The first-order chi connectivity index (χ1) is 12.2. The summed E-state index contributed by atoms with van der Waals surface area (Å²) in [7, 11) is 0. The van der Waals surface area contributed by atoms with E-state index in [4.69, 9.17) is 5.21 Å². The average molecular weight is 354 g/mol. The minimum Gasteiger partial charge on any atom is -0.352 e. The van der Waals surface area contributed by atoms with Gasteiger partial charge in [0.1, 0.15) is 0 Å². The lowest BCUT2D eigenvalue weighted by molar-refractivity contribution is 0.0711. The van der Waals surface area contributed by atoms with Crippen LogP contribution in [0.1, 0.15) is 32.0 Å². The van der Waals surface area contributed by atoms with Crippen molar-refractivity contribution in [1.29, 1.82) is 0 Å². The van der Waals surface area contributed by atoms with Gasteiger partial charge in [0.2, 0.25) is 0 Å². The first-order valence-corrected chi connectivity index (χ1v) is 8.79. The maximum atomic E-state index is 12.3. The fraction of sp³-hybridized carbons (Fsp3) is 0.158. The Hall–Kier alpha value is -2.70. The Bertz CT molecular complexity index is 890. The van der Waals surface area contributed by atoms with Crippen LogP contribution >= 0.6 is 11.3 Å².